The monoisotopic (exact) mass is 375 g/mol. The summed E-state index contributed by atoms with van der Waals surface area (Å²) in [6.45, 7) is 3.03. The van der Waals surface area contributed by atoms with Gasteiger partial charge in [-0.3, -0.25) is 4.79 Å². The van der Waals surface area contributed by atoms with Gasteiger partial charge in [0.2, 0.25) is 5.91 Å². The van der Waals surface area contributed by atoms with Gasteiger partial charge < -0.3 is 19.5 Å². The highest BCUT2D eigenvalue weighted by molar-refractivity contribution is 7.18. The van der Waals surface area contributed by atoms with Crippen molar-refractivity contribution in [2.45, 2.75) is 13.3 Å². The van der Waals surface area contributed by atoms with E-state index in [0.717, 1.165) is 16.2 Å². The molecular formula is C19H21NO5S. The number of methoxy groups -OCH3 is 1. The van der Waals surface area contributed by atoms with Gasteiger partial charge in [0.1, 0.15) is 10.6 Å². The number of anilines is 1. The molecule has 1 saturated heterocycles. The van der Waals surface area contributed by atoms with Crippen molar-refractivity contribution in [2.24, 2.45) is 5.92 Å². The Morgan fingerprint density at radius 1 is 1.31 bits per heavy atom. The lowest BCUT2D eigenvalue weighted by molar-refractivity contribution is -0.119. The summed E-state index contributed by atoms with van der Waals surface area (Å²) in [7, 11) is 1.61. The van der Waals surface area contributed by atoms with Crippen molar-refractivity contribution in [1.82, 2.24) is 0 Å². The van der Waals surface area contributed by atoms with E-state index in [1.807, 2.05) is 30.3 Å². The molecule has 1 aliphatic rings. The van der Waals surface area contributed by atoms with E-state index in [1.54, 1.807) is 14.0 Å². The number of benzene rings is 1. The van der Waals surface area contributed by atoms with Crippen molar-refractivity contribution in [3.63, 3.8) is 0 Å². The first-order valence-electron chi connectivity index (χ1n) is 8.46. The van der Waals surface area contributed by atoms with Crippen LogP contribution in [0, 0.1) is 5.92 Å². The third kappa shape index (κ3) is 4.05. The van der Waals surface area contributed by atoms with E-state index in [1.165, 1.54) is 11.3 Å². The molecule has 1 aromatic heterocycles. The summed E-state index contributed by atoms with van der Waals surface area (Å²) in [5, 5.41) is 2.87. The quantitative estimate of drug-likeness (QED) is 0.781. The van der Waals surface area contributed by atoms with Crippen LogP contribution in [0.5, 0.6) is 5.75 Å². The minimum absolute atomic E-state index is 0.132. The van der Waals surface area contributed by atoms with Gasteiger partial charge in [-0.05, 0) is 49.2 Å². The Morgan fingerprint density at radius 2 is 2.08 bits per heavy atom. The van der Waals surface area contributed by atoms with Crippen molar-refractivity contribution in [3.8, 4) is 16.2 Å². The van der Waals surface area contributed by atoms with Gasteiger partial charge in [-0.2, -0.15) is 0 Å². The Kier molecular flexibility index (Phi) is 5.90. The topological polar surface area (TPSA) is 73.9 Å². The SMILES string of the molecule is CCOC(=O)c1sc(-c2ccc(OC)cc2)cc1NC(=O)[C@@H]1CCOC1. The second-order valence-corrected chi connectivity index (χ2v) is 6.90. The number of thiophene rings is 1. The van der Waals surface area contributed by atoms with E-state index in [9.17, 15) is 9.59 Å². The van der Waals surface area contributed by atoms with E-state index >= 15 is 0 Å². The highest BCUT2D eigenvalue weighted by Crippen LogP contribution is 2.36. The minimum atomic E-state index is -0.435. The van der Waals surface area contributed by atoms with Crippen LogP contribution in [-0.2, 0) is 14.3 Å². The molecular weight excluding hydrogens is 354 g/mol. The number of hydrogen-bond acceptors (Lipinski definition) is 6. The van der Waals surface area contributed by atoms with Crippen LogP contribution in [0.2, 0.25) is 0 Å². The molecule has 3 rings (SSSR count). The molecule has 0 unspecified atom stereocenters. The molecule has 1 aliphatic heterocycles. The molecule has 1 fully saturated rings. The molecule has 138 valence electrons. The van der Waals surface area contributed by atoms with Crippen molar-refractivity contribution in [1.29, 1.82) is 0 Å². The number of carbonyl (C=O) groups excluding carboxylic acids is 2. The molecule has 0 bridgehead atoms. The zero-order valence-electron chi connectivity index (χ0n) is 14.7. The summed E-state index contributed by atoms with van der Waals surface area (Å²) in [4.78, 5) is 26.0. The van der Waals surface area contributed by atoms with Gasteiger partial charge in [0, 0.05) is 11.5 Å². The van der Waals surface area contributed by atoms with Crippen molar-refractivity contribution < 1.29 is 23.8 Å². The highest BCUT2D eigenvalue weighted by Gasteiger charge is 2.26. The van der Waals surface area contributed by atoms with Crippen LogP contribution in [0.15, 0.2) is 30.3 Å². The number of esters is 1. The fourth-order valence-corrected chi connectivity index (χ4v) is 3.72. The maximum atomic E-state index is 12.4. The first-order valence-corrected chi connectivity index (χ1v) is 9.28. The number of nitrogens with one attached hydrogen (secondary N) is 1. The molecule has 2 aromatic rings. The van der Waals surface area contributed by atoms with Gasteiger partial charge in [-0.25, -0.2) is 4.79 Å². The van der Waals surface area contributed by atoms with E-state index in [2.05, 4.69) is 5.32 Å². The van der Waals surface area contributed by atoms with Gasteiger partial charge in [0.15, 0.2) is 0 Å². The number of amides is 1. The molecule has 0 spiro atoms. The molecule has 1 N–H and O–H groups in total. The lowest BCUT2D eigenvalue weighted by Gasteiger charge is -2.09. The molecule has 1 atom stereocenters. The average molecular weight is 375 g/mol. The maximum Gasteiger partial charge on any atom is 0.350 e. The molecule has 0 radical (unpaired) electrons. The molecule has 0 aliphatic carbocycles. The van der Waals surface area contributed by atoms with Crippen molar-refractivity contribution >= 4 is 28.9 Å². The third-order valence-corrected chi connectivity index (χ3v) is 5.29. The second-order valence-electron chi connectivity index (χ2n) is 5.85. The standard InChI is InChI=1S/C19H21NO5S/c1-3-25-19(22)17-15(20-18(21)13-8-9-24-11-13)10-16(26-17)12-4-6-14(23-2)7-5-12/h4-7,10,13H,3,8-9,11H2,1-2H3,(H,20,21)/t13-/m1/s1. The van der Waals surface area contributed by atoms with Crippen LogP contribution in [0.1, 0.15) is 23.0 Å². The fourth-order valence-electron chi connectivity index (χ4n) is 2.71. The van der Waals surface area contributed by atoms with E-state index < -0.39 is 5.97 Å². The van der Waals surface area contributed by atoms with Crippen LogP contribution in [-0.4, -0.2) is 38.8 Å². The summed E-state index contributed by atoms with van der Waals surface area (Å²) >= 11 is 1.30. The van der Waals surface area contributed by atoms with Gasteiger partial charge in [0.05, 0.1) is 31.9 Å². The predicted molar refractivity (Wildman–Crippen MR) is 99.8 cm³/mol. The van der Waals surface area contributed by atoms with Crippen LogP contribution in [0.3, 0.4) is 0 Å². The van der Waals surface area contributed by atoms with Crippen LogP contribution in [0.4, 0.5) is 5.69 Å². The average Bonchev–Trinajstić information content (AvgIpc) is 3.32. The molecule has 2 heterocycles. The first kappa shape index (κ1) is 18.4. The zero-order valence-corrected chi connectivity index (χ0v) is 15.6. The number of rotatable bonds is 6. The summed E-state index contributed by atoms with van der Waals surface area (Å²) in [5.74, 6) is 0.00225. The van der Waals surface area contributed by atoms with E-state index in [-0.39, 0.29) is 18.4 Å². The molecule has 1 amide bonds. The molecule has 6 nitrogen and oxygen atoms in total. The van der Waals surface area contributed by atoms with Gasteiger partial charge in [0.25, 0.3) is 0 Å². The smallest absolute Gasteiger partial charge is 0.350 e. The van der Waals surface area contributed by atoms with Crippen LogP contribution in [0.25, 0.3) is 10.4 Å². The first-order chi connectivity index (χ1) is 12.6. The predicted octanol–water partition coefficient (Wildman–Crippen LogP) is 3.58. The Balaban J connectivity index is 1.88. The number of carbonyl (C=O) groups is 2. The molecule has 7 heteroatoms. The summed E-state index contributed by atoms with van der Waals surface area (Å²) in [5.41, 5.74) is 1.42. The normalized spacial score (nSPS) is 16.3. The summed E-state index contributed by atoms with van der Waals surface area (Å²) in [6, 6.07) is 9.35. The Bertz CT molecular complexity index is 778. The lowest BCUT2D eigenvalue weighted by Crippen LogP contribution is -2.23. The largest absolute Gasteiger partial charge is 0.497 e. The fraction of sp³-hybridized carbons (Fsp3) is 0.368. The van der Waals surface area contributed by atoms with Crippen LogP contribution >= 0.6 is 11.3 Å². The van der Waals surface area contributed by atoms with Crippen molar-refractivity contribution in [3.05, 3.63) is 35.2 Å². The minimum Gasteiger partial charge on any atom is -0.497 e. The molecule has 26 heavy (non-hydrogen) atoms. The van der Waals surface area contributed by atoms with Gasteiger partial charge in [-0.1, -0.05) is 0 Å². The lowest BCUT2D eigenvalue weighted by atomic mass is 10.1. The summed E-state index contributed by atoms with van der Waals surface area (Å²) in [6.07, 6.45) is 0.691. The number of ether oxygens (including phenoxy) is 3. The van der Waals surface area contributed by atoms with E-state index in [4.69, 9.17) is 14.2 Å². The molecule has 1 aromatic carbocycles. The van der Waals surface area contributed by atoms with Gasteiger partial charge in [-0.15, -0.1) is 11.3 Å². The second kappa shape index (κ2) is 8.33. The molecule has 0 saturated carbocycles. The van der Waals surface area contributed by atoms with Crippen LogP contribution < -0.4 is 10.1 Å². The summed E-state index contributed by atoms with van der Waals surface area (Å²) < 4.78 is 15.6. The maximum absolute atomic E-state index is 12.4. The van der Waals surface area contributed by atoms with Gasteiger partial charge >= 0.3 is 5.97 Å². The Morgan fingerprint density at radius 3 is 2.69 bits per heavy atom. The highest BCUT2D eigenvalue weighted by atomic mass is 32.1. The Labute approximate surface area is 156 Å². The number of hydrogen-bond donors (Lipinski definition) is 1. The zero-order chi connectivity index (χ0) is 18.5. The Hall–Kier alpha value is -2.38. The third-order valence-electron chi connectivity index (χ3n) is 4.13. The van der Waals surface area contributed by atoms with E-state index in [0.29, 0.717) is 30.2 Å². The van der Waals surface area contributed by atoms with Crippen molar-refractivity contribution in [2.75, 3.05) is 32.2 Å².